The fraction of sp³-hybridized carbons (Fsp3) is 0.125. The highest BCUT2D eigenvalue weighted by Crippen LogP contribution is 2.24. The van der Waals surface area contributed by atoms with Crippen molar-refractivity contribution in [1.29, 1.82) is 0 Å². The Morgan fingerprint density at radius 3 is 2.68 bits per heavy atom. The smallest absolute Gasteiger partial charge is 0.119 e. The summed E-state index contributed by atoms with van der Waals surface area (Å²) in [6.07, 6.45) is 1.95. The van der Waals surface area contributed by atoms with Gasteiger partial charge in [0.15, 0.2) is 0 Å². The summed E-state index contributed by atoms with van der Waals surface area (Å²) in [5.74, 6) is 0.879. The van der Waals surface area contributed by atoms with Gasteiger partial charge in [-0.2, -0.15) is 0 Å². The van der Waals surface area contributed by atoms with Crippen molar-refractivity contribution < 1.29 is 4.74 Å². The van der Waals surface area contributed by atoms with E-state index in [0.29, 0.717) is 6.61 Å². The number of nitrogen functional groups attached to an aromatic ring is 1. The maximum atomic E-state index is 5.92. The van der Waals surface area contributed by atoms with Gasteiger partial charge in [0.2, 0.25) is 0 Å². The summed E-state index contributed by atoms with van der Waals surface area (Å²) in [5.41, 5.74) is 10.0. The second kappa shape index (κ2) is 4.69. The van der Waals surface area contributed by atoms with Crippen LogP contribution in [0.1, 0.15) is 11.1 Å². The lowest BCUT2D eigenvalue weighted by Gasteiger charge is -2.05. The summed E-state index contributed by atoms with van der Waals surface area (Å²) < 4.78 is 5.79. The third-order valence-corrected chi connectivity index (χ3v) is 3.25. The maximum absolute atomic E-state index is 5.92. The topological polar surface area (TPSA) is 51.0 Å². The fourth-order valence-corrected chi connectivity index (χ4v) is 2.15. The average molecular weight is 252 g/mol. The minimum absolute atomic E-state index is 0.534. The number of ether oxygens (including phenoxy) is 1. The van der Waals surface area contributed by atoms with E-state index in [4.69, 9.17) is 10.5 Å². The Balaban J connectivity index is 1.82. The average Bonchev–Trinajstić information content (AvgIpc) is 2.83. The zero-order valence-electron chi connectivity index (χ0n) is 10.8. The van der Waals surface area contributed by atoms with Crippen LogP contribution >= 0.6 is 0 Å². The van der Waals surface area contributed by atoms with E-state index in [-0.39, 0.29) is 0 Å². The molecular weight excluding hydrogens is 236 g/mol. The molecule has 3 aromatic rings. The molecule has 0 atom stereocenters. The first-order valence-corrected chi connectivity index (χ1v) is 6.28. The number of aryl methyl sites for hydroxylation is 1. The Kier molecular flexibility index (Phi) is 2.88. The van der Waals surface area contributed by atoms with Crippen molar-refractivity contribution >= 4 is 16.6 Å². The predicted molar refractivity (Wildman–Crippen MR) is 78.2 cm³/mol. The van der Waals surface area contributed by atoms with Gasteiger partial charge in [-0.05, 0) is 25.1 Å². The van der Waals surface area contributed by atoms with E-state index in [9.17, 15) is 0 Å². The third-order valence-electron chi connectivity index (χ3n) is 3.25. The molecule has 0 aliphatic carbocycles. The van der Waals surface area contributed by atoms with Crippen molar-refractivity contribution in [2.45, 2.75) is 13.5 Å². The minimum Gasteiger partial charge on any atom is -0.489 e. The summed E-state index contributed by atoms with van der Waals surface area (Å²) >= 11 is 0. The molecular formula is C16H16N2O. The van der Waals surface area contributed by atoms with E-state index in [2.05, 4.69) is 18.0 Å². The van der Waals surface area contributed by atoms with Crippen LogP contribution < -0.4 is 10.5 Å². The zero-order valence-corrected chi connectivity index (χ0v) is 10.8. The Bertz CT molecular complexity index is 698. The van der Waals surface area contributed by atoms with E-state index in [1.165, 1.54) is 5.56 Å². The summed E-state index contributed by atoms with van der Waals surface area (Å²) in [6.45, 7) is 2.60. The highest BCUT2D eigenvalue weighted by molar-refractivity contribution is 5.92. The van der Waals surface area contributed by atoms with Crippen LogP contribution in [-0.2, 0) is 6.61 Å². The summed E-state index contributed by atoms with van der Waals surface area (Å²) in [4.78, 5) is 3.20. The number of aromatic amines is 1. The molecule has 3 heteroatoms. The Morgan fingerprint density at radius 2 is 1.89 bits per heavy atom. The van der Waals surface area contributed by atoms with Crippen LogP contribution in [0.3, 0.4) is 0 Å². The summed E-state index contributed by atoms with van der Waals surface area (Å²) in [5, 5.41) is 1.12. The lowest BCUT2D eigenvalue weighted by Crippen LogP contribution is -1.94. The van der Waals surface area contributed by atoms with Crippen LogP contribution in [0.25, 0.3) is 10.9 Å². The van der Waals surface area contributed by atoms with Crippen LogP contribution in [0.4, 0.5) is 5.69 Å². The number of rotatable bonds is 3. The first-order valence-electron chi connectivity index (χ1n) is 6.28. The summed E-state index contributed by atoms with van der Waals surface area (Å²) in [7, 11) is 0. The molecule has 0 saturated carbocycles. The third kappa shape index (κ3) is 2.27. The van der Waals surface area contributed by atoms with Gasteiger partial charge >= 0.3 is 0 Å². The van der Waals surface area contributed by atoms with Crippen molar-refractivity contribution in [3.05, 3.63) is 59.8 Å². The number of anilines is 1. The highest BCUT2D eigenvalue weighted by Gasteiger charge is 2.06. The largest absolute Gasteiger partial charge is 0.489 e. The molecule has 0 aliphatic heterocycles. The quantitative estimate of drug-likeness (QED) is 0.699. The molecule has 0 amide bonds. The molecule has 0 aliphatic rings. The predicted octanol–water partition coefficient (Wildman–Crippen LogP) is 3.64. The molecule has 0 unspecified atom stereocenters. The first kappa shape index (κ1) is 11.7. The molecule has 96 valence electrons. The molecule has 19 heavy (non-hydrogen) atoms. The normalized spacial score (nSPS) is 10.8. The van der Waals surface area contributed by atoms with Crippen molar-refractivity contribution in [2.24, 2.45) is 0 Å². The summed E-state index contributed by atoms with van der Waals surface area (Å²) in [6, 6.07) is 14.0. The number of aromatic nitrogens is 1. The first-order chi connectivity index (χ1) is 9.24. The van der Waals surface area contributed by atoms with E-state index < -0.39 is 0 Å². The number of fused-ring (bicyclic) bond motifs is 1. The monoisotopic (exact) mass is 252 g/mol. The molecule has 1 aromatic heterocycles. The second-order valence-corrected chi connectivity index (χ2v) is 4.69. The number of para-hydroxylation sites is 1. The van der Waals surface area contributed by atoms with Gasteiger partial charge in [0, 0.05) is 17.1 Å². The molecule has 1 heterocycles. The number of hydrogen-bond acceptors (Lipinski definition) is 2. The van der Waals surface area contributed by atoms with Crippen LogP contribution in [0.5, 0.6) is 5.75 Å². The highest BCUT2D eigenvalue weighted by atomic mass is 16.5. The number of nitrogens with one attached hydrogen (secondary N) is 1. The van der Waals surface area contributed by atoms with Crippen molar-refractivity contribution in [1.82, 2.24) is 4.98 Å². The van der Waals surface area contributed by atoms with Crippen molar-refractivity contribution in [3.8, 4) is 5.75 Å². The van der Waals surface area contributed by atoms with Gasteiger partial charge in [0.05, 0.1) is 11.2 Å². The number of H-pyrrole nitrogens is 1. The number of hydrogen-bond donors (Lipinski definition) is 2. The van der Waals surface area contributed by atoms with Crippen LogP contribution in [0.2, 0.25) is 0 Å². The fourth-order valence-electron chi connectivity index (χ4n) is 2.15. The molecule has 3 N–H and O–H groups in total. The molecule has 2 aromatic carbocycles. The van der Waals surface area contributed by atoms with Gasteiger partial charge < -0.3 is 15.5 Å². The van der Waals surface area contributed by atoms with Gasteiger partial charge in [-0.1, -0.05) is 29.8 Å². The van der Waals surface area contributed by atoms with Gasteiger partial charge in [0.25, 0.3) is 0 Å². The molecule has 0 bridgehead atoms. The SMILES string of the molecule is Cc1ccc(OCc2c[nH]c3c(N)cccc23)cc1. The van der Waals surface area contributed by atoms with Gasteiger partial charge in [-0.25, -0.2) is 0 Å². The minimum atomic E-state index is 0.534. The number of nitrogens with two attached hydrogens (primary N) is 1. The van der Waals surface area contributed by atoms with Crippen LogP contribution in [0.15, 0.2) is 48.7 Å². The van der Waals surface area contributed by atoms with Crippen LogP contribution in [-0.4, -0.2) is 4.98 Å². The molecule has 0 fully saturated rings. The van der Waals surface area contributed by atoms with E-state index in [1.54, 1.807) is 0 Å². The Labute approximate surface area is 112 Å². The van der Waals surface area contributed by atoms with Crippen molar-refractivity contribution in [3.63, 3.8) is 0 Å². The number of benzene rings is 2. The molecule has 3 rings (SSSR count). The van der Waals surface area contributed by atoms with Crippen LogP contribution in [0, 0.1) is 6.92 Å². The Morgan fingerprint density at radius 1 is 1.11 bits per heavy atom. The van der Waals surface area contributed by atoms with Gasteiger partial charge in [0.1, 0.15) is 12.4 Å². The van der Waals surface area contributed by atoms with Crippen molar-refractivity contribution in [2.75, 3.05) is 5.73 Å². The standard InChI is InChI=1S/C16H16N2O/c1-11-5-7-13(8-6-11)19-10-12-9-18-16-14(12)3-2-4-15(16)17/h2-9,18H,10,17H2,1H3. The maximum Gasteiger partial charge on any atom is 0.119 e. The lowest BCUT2D eigenvalue weighted by molar-refractivity contribution is 0.307. The van der Waals surface area contributed by atoms with E-state index in [1.807, 2.05) is 42.6 Å². The van der Waals surface area contributed by atoms with E-state index >= 15 is 0 Å². The van der Waals surface area contributed by atoms with Gasteiger partial charge in [-0.3, -0.25) is 0 Å². The molecule has 3 nitrogen and oxygen atoms in total. The molecule has 0 spiro atoms. The van der Waals surface area contributed by atoms with E-state index in [0.717, 1.165) is 27.9 Å². The second-order valence-electron chi connectivity index (χ2n) is 4.69. The van der Waals surface area contributed by atoms with Gasteiger partial charge in [-0.15, -0.1) is 0 Å². The Hall–Kier alpha value is -2.42. The molecule has 0 saturated heterocycles. The zero-order chi connectivity index (χ0) is 13.2. The molecule has 0 radical (unpaired) electrons. The lowest BCUT2D eigenvalue weighted by atomic mass is 10.1.